The summed E-state index contributed by atoms with van der Waals surface area (Å²) in [4.78, 5) is 0. The number of hydrogen-bond acceptors (Lipinski definition) is 1. The Morgan fingerprint density at radius 2 is 2.29 bits per heavy atom. The standard InChI is InChI=1S/C12H14FN/c1-3-4-8-14-10(2)11-6-5-7-12(13)9-11/h5-7,9-10,14H,8H2,1-2H3/t10-/m0/s1. The van der Waals surface area contributed by atoms with E-state index in [-0.39, 0.29) is 11.9 Å². The molecule has 0 aliphatic carbocycles. The van der Waals surface area contributed by atoms with Crippen LogP contribution in [0.3, 0.4) is 0 Å². The van der Waals surface area contributed by atoms with Crippen molar-refractivity contribution in [3.05, 3.63) is 35.6 Å². The first-order chi connectivity index (χ1) is 6.74. The third-order valence-corrected chi connectivity index (χ3v) is 2.02. The zero-order valence-electron chi connectivity index (χ0n) is 8.47. The van der Waals surface area contributed by atoms with Crippen molar-refractivity contribution >= 4 is 0 Å². The average molecular weight is 191 g/mol. The van der Waals surface area contributed by atoms with E-state index in [4.69, 9.17) is 0 Å². The molecule has 0 heterocycles. The van der Waals surface area contributed by atoms with E-state index in [9.17, 15) is 4.39 Å². The largest absolute Gasteiger partial charge is 0.300 e. The minimum absolute atomic E-state index is 0.131. The Kier molecular flexibility index (Phi) is 4.15. The predicted octanol–water partition coefficient (Wildman–Crippen LogP) is 2.50. The van der Waals surface area contributed by atoms with Crippen molar-refractivity contribution < 1.29 is 4.39 Å². The highest BCUT2D eigenvalue weighted by molar-refractivity contribution is 5.19. The fourth-order valence-corrected chi connectivity index (χ4v) is 1.19. The summed E-state index contributed by atoms with van der Waals surface area (Å²) in [5.41, 5.74) is 0.947. The molecule has 74 valence electrons. The summed E-state index contributed by atoms with van der Waals surface area (Å²) >= 11 is 0. The van der Waals surface area contributed by atoms with E-state index in [1.165, 1.54) is 12.1 Å². The van der Waals surface area contributed by atoms with Crippen LogP contribution in [0.2, 0.25) is 0 Å². The quantitative estimate of drug-likeness (QED) is 0.724. The van der Waals surface area contributed by atoms with Crippen LogP contribution in [-0.2, 0) is 0 Å². The first-order valence-corrected chi connectivity index (χ1v) is 4.62. The Labute approximate surface area is 84.3 Å². The molecule has 1 aromatic carbocycles. The van der Waals surface area contributed by atoms with Gasteiger partial charge >= 0.3 is 0 Å². The Morgan fingerprint density at radius 1 is 1.50 bits per heavy atom. The summed E-state index contributed by atoms with van der Waals surface area (Å²) in [5, 5.41) is 3.19. The fourth-order valence-electron chi connectivity index (χ4n) is 1.19. The molecule has 0 bridgehead atoms. The van der Waals surface area contributed by atoms with Gasteiger partial charge in [-0.2, -0.15) is 0 Å². The zero-order valence-corrected chi connectivity index (χ0v) is 8.47. The molecule has 1 N–H and O–H groups in total. The van der Waals surface area contributed by atoms with Crippen LogP contribution in [0.4, 0.5) is 4.39 Å². The lowest BCUT2D eigenvalue weighted by atomic mass is 10.1. The molecule has 1 nitrogen and oxygen atoms in total. The minimum Gasteiger partial charge on any atom is -0.300 e. The summed E-state index contributed by atoms with van der Waals surface area (Å²) < 4.78 is 12.9. The lowest BCUT2D eigenvalue weighted by Crippen LogP contribution is -2.18. The average Bonchev–Trinajstić information content (AvgIpc) is 2.18. The summed E-state index contributed by atoms with van der Waals surface area (Å²) in [6.45, 7) is 4.43. The summed E-state index contributed by atoms with van der Waals surface area (Å²) in [6.07, 6.45) is 0. The molecule has 2 heteroatoms. The van der Waals surface area contributed by atoms with Gasteiger partial charge in [-0.15, -0.1) is 5.92 Å². The van der Waals surface area contributed by atoms with Gasteiger partial charge in [0.15, 0.2) is 0 Å². The van der Waals surface area contributed by atoms with Gasteiger partial charge in [0.2, 0.25) is 0 Å². The second-order valence-corrected chi connectivity index (χ2v) is 3.08. The van der Waals surface area contributed by atoms with Gasteiger partial charge in [-0.3, -0.25) is 5.32 Å². The molecule has 0 aromatic heterocycles. The molecule has 0 saturated carbocycles. The third kappa shape index (κ3) is 3.20. The van der Waals surface area contributed by atoms with Crippen molar-refractivity contribution in [2.75, 3.05) is 6.54 Å². The summed E-state index contributed by atoms with van der Waals surface area (Å²) in [5.74, 6) is 5.51. The number of rotatable bonds is 3. The van der Waals surface area contributed by atoms with E-state index in [1.54, 1.807) is 13.0 Å². The topological polar surface area (TPSA) is 12.0 Å². The fraction of sp³-hybridized carbons (Fsp3) is 0.333. The van der Waals surface area contributed by atoms with Gasteiger partial charge in [0.05, 0.1) is 6.54 Å². The molecule has 0 aliphatic heterocycles. The Hall–Kier alpha value is -1.33. The van der Waals surface area contributed by atoms with Gasteiger partial charge in [0.25, 0.3) is 0 Å². The second-order valence-electron chi connectivity index (χ2n) is 3.08. The van der Waals surface area contributed by atoms with Crippen LogP contribution in [0, 0.1) is 17.7 Å². The monoisotopic (exact) mass is 191 g/mol. The molecular formula is C12H14FN. The number of benzene rings is 1. The van der Waals surface area contributed by atoms with E-state index in [0.29, 0.717) is 6.54 Å². The van der Waals surface area contributed by atoms with Gasteiger partial charge in [-0.05, 0) is 31.5 Å². The van der Waals surface area contributed by atoms with Crippen LogP contribution in [0.5, 0.6) is 0 Å². The lowest BCUT2D eigenvalue weighted by molar-refractivity contribution is 0.598. The second kappa shape index (κ2) is 5.41. The van der Waals surface area contributed by atoms with Crippen LogP contribution in [0.15, 0.2) is 24.3 Å². The van der Waals surface area contributed by atoms with Gasteiger partial charge in [0.1, 0.15) is 5.82 Å². The third-order valence-electron chi connectivity index (χ3n) is 2.02. The van der Waals surface area contributed by atoms with Gasteiger partial charge < -0.3 is 0 Å². The molecule has 0 aliphatic rings. The molecule has 0 fully saturated rings. The van der Waals surface area contributed by atoms with Gasteiger partial charge in [0, 0.05) is 6.04 Å². The van der Waals surface area contributed by atoms with Crippen molar-refractivity contribution in [1.29, 1.82) is 0 Å². The number of nitrogens with one attached hydrogen (secondary N) is 1. The van der Waals surface area contributed by atoms with Gasteiger partial charge in [-0.25, -0.2) is 4.39 Å². The smallest absolute Gasteiger partial charge is 0.123 e. The highest BCUT2D eigenvalue weighted by Crippen LogP contribution is 2.12. The van der Waals surface area contributed by atoms with Crippen LogP contribution in [0.1, 0.15) is 25.5 Å². The highest BCUT2D eigenvalue weighted by Gasteiger charge is 2.03. The maximum atomic E-state index is 12.9. The van der Waals surface area contributed by atoms with Crippen molar-refractivity contribution in [2.24, 2.45) is 0 Å². The van der Waals surface area contributed by atoms with Crippen molar-refractivity contribution in [1.82, 2.24) is 5.32 Å². The molecule has 14 heavy (non-hydrogen) atoms. The Bertz CT molecular complexity index is 349. The van der Waals surface area contributed by atoms with E-state index in [2.05, 4.69) is 17.2 Å². The van der Waals surface area contributed by atoms with Crippen molar-refractivity contribution in [2.45, 2.75) is 19.9 Å². The summed E-state index contributed by atoms with van der Waals surface area (Å²) in [7, 11) is 0. The van der Waals surface area contributed by atoms with Crippen LogP contribution >= 0.6 is 0 Å². The van der Waals surface area contributed by atoms with Crippen LogP contribution in [-0.4, -0.2) is 6.54 Å². The first-order valence-electron chi connectivity index (χ1n) is 4.62. The first kappa shape index (κ1) is 10.7. The van der Waals surface area contributed by atoms with E-state index in [1.807, 2.05) is 13.0 Å². The SMILES string of the molecule is CC#CCN[C@@H](C)c1cccc(F)c1. The molecule has 0 saturated heterocycles. The molecular weight excluding hydrogens is 177 g/mol. The predicted molar refractivity (Wildman–Crippen MR) is 56.3 cm³/mol. The molecule has 1 aromatic rings. The number of halogens is 1. The lowest BCUT2D eigenvalue weighted by Gasteiger charge is -2.11. The summed E-state index contributed by atoms with van der Waals surface area (Å²) in [6, 6.07) is 6.74. The van der Waals surface area contributed by atoms with Crippen molar-refractivity contribution in [3.63, 3.8) is 0 Å². The minimum atomic E-state index is -0.197. The van der Waals surface area contributed by atoms with Gasteiger partial charge in [-0.1, -0.05) is 18.1 Å². The highest BCUT2D eigenvalue weighted by atomic mass is 19.1. The molecule has 0 spiro atoms. The molecule has 0 radical (unpaired) electrons. The van der Waals surface area contributed by atoms with E-state index >= 15 is 0 Å². The Balaban J connectivity index is 2.58. The molecule has 1 atom stereocenters. The van der Waals surface area contributed by atoms with Crippen LogP contribution < -0.4 is 5.32 Å². The van der Waals surface area contributed by atoms with Crippen LogP contribution in [0.25, 0.3) is 0 Å². The Morgan fingerprint density at radius 3 is 2.93 bits per heavy atom. The maximum Gasteiger partial charge on any atom is 0.123 e. The number of hydrogen-bond donors (Lipinski definition) is 1. The normalized spacial score (nSPS) is 11.6. The molecule has 0 amide bonds. The molecule has 1 rings (SSSR count). The van der Waals surface area contributed by atoms with E-state index in [0.717, 1.165) is 5.56 Å². The molecule has 0 unspecified atom stereocenters. The van der Waals surface area contributed by atoms with E-state index < -0.39 is 0 Å². The zero-order chi connectivity index (χ0) is 10.4. The maximum absolute atomic E-state index is 12.9. The van der Waals surface area contributed by atoms with Crippen molar-refractivity contribution in [3.8, 4) is 11.8 Å².